The number of thiophene rings is 1. The van der Waals surface area contributed by atoms with Gasteiger partial charge < -0.3 is 5.32 Å². The lowest BCUT2D eigenvalue weighted by Gasteiger charge is -2.10. The molecule has 4 nitrogen and oxygen atoms in total. The molecule has 0 aliphatic rings. The molecule has 0 spiro atoms. The molecule has 4 rings (SSSR count). The third kappa shape index (κ3) is 2.72. The molecule has 0 bridgehead atoms. The normalized spacial score (nSPS) is 10.9. The lowest BCUT2D eigenvalue weighted by atomic mass is 10.2. The highest BCUT2D eigenvalue weighted by Crippen LogP contribution is 2.30. The van der Waals surface area contributed by atoms with Gasteiger partial charge in [-0.05, 0) is 54.3 Å². The van der Waals surface area contributed by atoms with E-state index < -0.39 is 0 Å². The first-order chi connectivity index (χ1) is 11.7. The van der Waals surface area contributed by atoms with Gasteiger partial charge in [0, 0.05) is 23.6 Å². The molecule has 3 aromatic heterocycles. The van der Waals surface area contributed by atoms with Crippen LogP contribution >= 0.6 is 11.3 Å². The molecular formula is C18H13FN4S. The Labute approximate surface area is 142 Å². The number of nitrogens with one attached hydrogen (secondary N) is 1. The number of nitrogens with zero attached hydrogens (tertiary/aromatic N) is 3. The maximum absolute atomic E-state index is 13.5. The van der Waals surface area contributed by atoms with Crippen molar-refractivity contribution in [3.05, 3.63) is 65.6 Å². The van der Waals surface area contributed by atoms with E-state index in [9.17, 15) is 4.39 Å². The Balaban J connectivity index is 1.81. The second-order valence-electron chi connectivity index (χ2n) is 5.37. The molecule has 1 N–H and O–H groups in total. The monoisotopic (exact) mass is 336 g/mol. The van der Waals surface area contributed by atoms with Crippen LogP contribution in [0.4, 0.5) is 15.9 Å². The number of aryl methyl sites for hydroxylation is 1. The third-order valence-corrected chi connectivity index (χ3v) is 4.47. The maximum Gasteiger partial charge on any atom is 0.164 e. The Bertz CT molecular complexity index is 1010. The number of rotatable bonds is 3. The van der Waals surface area contributed by atoms with Crippen LogP contribution in [0.3, 0.4) is 0 Å². The number of anilines is 2. The van der Waals surface area contributed by atoms with Gasteiger partial charge in [-0.2, -0.15) is 0 Å². The topological polar surface area (TPSA) is 50.7 Å². The van der Waals surface area contributed by atoms with Crippen LogP contribution in [0.25, 0.3) is 21.6 Å². The van der Waals surface area contributed by atoms with E-state index in [0.29, 0.717) is 17.2 Å². The molecule has 0 aliphatic carbocycles. The van der Waals surface area contributed by atoms with Crippen molar-refractivity contribution in [3.8, 4) is 11.4 Å². The van der Waals surface area contributed by atoms with Crippen LogP contribution in [0.5, 0.6) is 0 Å². The average Bonchev–Trinajstić information content (AvgIpc) is 3.08. The van der Waals surface area contributed by atoms with Crippen molar-refractivity contribution in [1.82, 2.24) is 15.0 Å². The van der Waals surface area contributed by atoms with E-state index in [1.165, 1.54) is 6.07 Å². The van der Waals surface area contributed by atoms with Gasteiger partial charge in [-0.1, -0.05) is 0 Å². The lowest BCUT2D eigenvalue weighted by molar-refractivity contribution is 0.619. The van der Waals surface area contributed by atoms with Gasteiger partial charge >= 0.3 is 0 Å². The lowest BCUT2D eigenvalue weighted by Crippen LogP contribution is -1.99. The quantitative estimate of drug-likeness (QED) is 0.575. The largest absolute Gasteiger partial charge is 0.340 e. The van der Waals surface area contributed by atoms with Crippen molar-refractivity contribution in [2.45, 2.75) is 6.92 Å². The van der Waals surface area contributed by atoms with Gasteiger partial charge in [0.15, 0.2) is 5.82 Å². The summed E-state index contributed by atoms with van der Waals surface area (Å²) in [5.74, 6) is 1.09. The highest BCUT2D eigenvalue weighted by atomic mass is 32.1. The van der Waals surface area contributed by atoms with Crippen LogP contribution in [0, 0.1) is 12.7 Å². The van der Waals surface area contributed by atoms with Crippen molar-refractivity contribution in [2.75, 3.05) is 5.32 Å². The van der Waals surface area contributed by atoms with Crippen molar-refractivity contribution in [3.63, 3.8) is 0 Å². The van der Waals surface area contributed by atoms with E-state index in [0.717, 1.165) is 21.5 Å². The van der Waals surface area contributed by atoms with Crippen molar-refractivity contribution in [1.29, 1.82) is 0 Å². The van der Waals surface area contributed by atoms with E-state index in [4.69, 9.17) is 0 Å². The van der Waals surface area contributed by atoms with Gasteiger partial charge in [-0.25, -0.2) is 14.4 Å². The molecule has 0 aliphatic heterocycles. The number of halogens is 1. The smallest absolute Gasteiger partial charge is 0.164 e. The van der Waals surface area contributed by atoms with Gasteiger partial charge in [0.25, 0.3) is 0 Å². The van der Waals surface area contributed by atoms with Crippen LogP contribution < -0.4 is 5.32 Å². The summed E-state index contributed by atoms with van der Waals surface area (Å²) < 4.78 is 13.5. The van der Waals surface area contributed by atoms with Crippen LogP contribution in [0.2, 0.25) is 0 Å². The predicted molar refractivity (Wildman–Crippen MR) is 95.1 cm³/mol. The fraction of sp³-hybridized carbons (Fsp3) is 0.0556. The Kier molecular flexibility index (Phi) is 3.66. The summed E-state index contributed by atoms with van der Waals surface area (Å²) in [6, 6.07) is 10.7. The van der Waals surface area contributed by atoms with Gasteiger partial charge in [0.05, 0.1) is 5.39 Å². The first kappa shape index (κ1) is 14.7. The molecule has 1 aromatic carbocycles. The van der Waals surface area contributed by atoms with E-state index >= 15 is 0 Å². The number of pyridine rings is 1. The Morgan fingerprint density at radius 2 is 2.04 bits per heavy atom. The Hall–Kier alpha value is -2.86. The second-order valence-corrected chi connectivity index (χ2v) is 6.26. The Morgan fingerprint density at radius 3 is 2.83 bits per heavy atom. The van der Waals surface area contributed by atoms with E-state index in [-0.39, 0.29) is 5.82 Å². The van der Waals surface area contributed by atoms with Gasteiger partial charge in [-0.3, -0.25) is 4.98 Å². The van der Waals surface area contributed by atoms with Crippen LogP contribution in [-0.2, 0) is 0 Å². The molecule has 24 heavy (non-hydrogen) atoms. The predicted octanol–water partition coefficient (Wildman–Crippen LogP) is 4.94. The standard InChI is InChI=1S/C18H13FN4S/c1-11-9-13(4-5-15(11)19)21-17-14-6-8-24-18(14)23-16(22-17)12-3-2-7-20-10-12/h2-10H,1H3,(H,21,22,23). The number of fused-ring (bicyclic) bond motifs is 1. The van der Waals surface area contributed by atoms with Gasteiger partial charge in [0.2, 0.25) is 0 Å². The molecule has 0 saturated carbocycles. The fourth-order valence-electron chi connectivity index (χ4n) is 2.43. The zero-order chi connectivity index (χ0) is 16.5. The minimum atomic E-state index is -0.222. The Morgan fingerprint density at radius 1 is 1.12 bits per heavy atom. The van der Waals surface area contributed by atoms with Crippen LogP contribution in [0.15, 0.2) is 54.2 Å². The number of aromatic nitrogens is 3. The average molecular weight is 336 g/mol. The summed E-state index contributed by atoms with van der Waals surface area (Å²) in [5.41, 5.74) is 2.23. The highest BCUT2D eigenvalue weighted by Gasteiger charge is 2.11. The SMILES string of the molecule is Cc1cc(Nc2nc(-c3cccnc3)nc3sccc23)ccc1F. The zero-order valence-corrected chi connectivity index (χ0v) is 13.6. The minimum Gasteiger partial charge on any atom is -0.340 e. The first-order valence-electron chi connectivity index (χ1n) is 7.39. The van der Waals surface area contributed by atoms with Crippen molar-refractivity contribution in [2.24, 2.45) is 0 Å². The maximum atomic E-state index is 13.5. The molecule has 0 unspecified atom stereocenters. The molecule has 4 aromatic rings. The molecule has 3 heterocycles. The summed E-state index contributed by atoms with van der Waals surface area (Å²) in [6.07, 6.45) is 3.45. The molecule has 0 atom stereocenters. The number of hydrogen-bond acceptors (Lipinski definition) is 5. The minimum absolute atomic E-state index is 0.222. The van der Waals surface area contributed by atoms with E-state index in [1.54, 1.807) is 42.8 Å². The summed E-state index contributed by atoms with van der Waals surface area (Å²) in [6.45, 7) is 1.74. The molecule has 0 amide bonds. The van der Waals surface area contributed by atoms with Crippen LogP contribution in [0.1, 0.15) is 5.56 Å². The summed E-state index contributed by atoms with van der Waals surface area (Å²) >= 11 is 1.55. The summed E-state index contributed by atoms with van der Waals surface area (Å²) in [4.78, 5) is 14.3. The summed E-state index contributed by atoms with van der Waals surface area (Å²) in [5, 5.41) is 6.20. The molecule has 0 saturated heterocycles. The summed E-state index contributed by atoms with van der Waals surface area (Å²) in [7, 11) is 0. The zero-order valence-electron chi connectivity index (χ0n) is 12.8. The first-order valence-corrected chi connectivity index (χ1v) is 8.27. The van der Waals surface area contributed by atoms with E-state index in [2.05, 4.69) is 20.3 Å². The second kappa shape index (κ2) is 5.98. The molecule has 118 valence electrons. The fourth-order valence-corrected chi connectivity index (χ4v) is 3.20. The molecule has 0 fully saturated rings. The third-order valence-electron chi connectivity index (χ3n) is 3.67. The number of hydrogen-bond donors (Lipinski definition) is 1. The van der Waals surface area contributed by atoms with Crippen molar-refractivity contribution < 1.29 is 4.39 Å². The van der Waals surface area contributed by atoms with Gasteiger partial charge in [-0.15, -0.1) is 11.3 Å². The highest BCUT2D eigenvalue weighted by molar-refractivity contribution is 7.16. The van der Waals surface area contributed by atoms with Crippen LogP contribution in [-0.4, -0.2) is 15.0 Å². The molecule has 6 heteroatoms. The van der Waals surface area contributed by atoms with Crippen molar-refractivity contribution >= 4 is 33.1 Å². The van der Waals surface area contributed by atoms with Gasteiger partial charge in [0.1, 0.15) is 16.5 Å². The van der Waals surface area contributed by atoms with E-state index in [1.807, 2.05) is 23.6 Å². The number of benzene rings is 1. The molecule has 0 radical (unpaired) electrons. The molecular weight excluding hydrogens is 323 g/mol.